The summed E-state index contributed by atoms with van der Waals surface area (Å²) in [5.74, 6) is -1.31. The summed E-state index contributed by atoms with van der Waals surface area (Å²) in [7, 11) is 0. The van der Waals surface area contributed by atoms with Gasteiger partial charge in [0.05, 0.1) is 0 Å². The van der Waals surface area contributed by atoms with Gasteiger partial charge < -0.3 is 9.94 Å². The average Bonchev–Trinajstić information content (AvgIpc) is 2.46. The lowest BCUT2D eigenvalue weighted by atomic mass is 10.4. The van der Waals surface area contributed by atoms with Crippen LogP contribution in [-0.4, -0.2) is 39.1 Å². The lowest BCUT2D eigenvalue weighted by molar-refractivity contribution is -0.218. The number of hydrogen-bond acceptors (Lipinski definition) is 6. The Balaban J connectivity index is 2.37. The van der Waals surface area contributed by atoms with Crippen molar-refractivity contribution < 1.29 is 24.3 Å². The first-order valence-electron chi connectivity index (χ1n) is 4.35. The molecule has 0 radical (unpaired) electrons. The van der Waals surface area contributed by atoms with Crippen molar-refractivity contribution in [2.24, 2.45) is 0 Å². The van der Waals surface area contributed by atoms with Crippen LogP contribution in [0.3, 0.4) is 0 Å². The second kappa shape index (κ2) is 5.13. The van der Waals surface area contributed by atoms with Crippen LogP contribution in [0.2, 0.25) is 0 Å². The number of aliphatic hydroxyl groups is 1. The second-order valence-corrected chi connectivity index (χ2v) is 4.13. The molecule has 6 nitrogen and oxygen atoms in total. The minimum absolute atomic E-state index is 0.161. The van der Waals surface area contributed by atoms with Gasteiger partial charge in [0.1, 0.15) is 5.75 Å². The number of carbonyl (C=O) groups excluding carboxylic acids is 3. The van der Waals surface area contributed by atoms with Gasteiger partial charge in [0.25, 0.3) is 5.91 Å². The molecule has 1 aliphatic heterocycles. The number of amides is 1. The molecular weight excluding hydrogens is 222 g/mol. The molecule has 1 fully saturated rings. The van der Waals surface area contributed by atoms with Crippen molar-refractivity contribution in [1.82, 2.24) is 5.06 Å². The summed E-state index contributed by atoms with van der Waals surface area (Å²) in [6.45, 7) is 1.33. The van der Waals surface area contributed by atoms with E-state index in [0.29, 0.717) is 5.06 Å². The number of rotatable bonds is 3. The minimum Gasteiger partial charge on any atom is -0.370 e. The third-order valence-corrected chi connectivity index (χ3v) is 2.51. The van der Waals surface area contributed by atoms with Gasteiger partial charge in [-0.25, -0.2) is 4.79 Å². The zero-order valence-electron chi connectivity index (χ0n) is 8.13. The molecular formula is C8H11NO5S. The summed E-state index contributed by atoms with van der Waals surface area (Å²) in [5, 5.41) is 9.69. The van der Waals surface area contributed by atoms with Crippen LogP contribution < -0.4 is 0 Å². The van der Waals surface area contributed by atoms with Crippen molar-refractivity contribution in [2.75, 3.05) is 5.75 Å². The number of thioether (sulfide) groups is 1. The Morgan fingerprint density at radius 1 is 1.67 bits per heavy atom. The Kier molecular flexibility index (Phi) is 4.10. The van der Waals surface area contributed by atoms with E-state index >= 15 is 0 Å². The van der Waals surface area contributed by atoms with E-state index in [1.165, 1.54) is 6.92 Å². The smallest absolute Gasteiger partial charge is 0.342 e. The molecule has 1 amide bonds. The van der Waals surface area contributed by atoms with Crippen LogP contribution in [-0.2, 0) is 19.2 Å². The number of hydroxylamine groups is 2. The Bertz CT molecular complexity index is 293. The minimum atomic E-state index is -1.07. The van der Waals surface area contributed by atoms with Gasteiger partial charge in [0.2, 0.25) is 0 Å². The first-order chi connectivity index (χ1) is 7.00. The fourth-order valence-electron chi connectivity index (χ4n) is 1.05. The van der Waals surface area contributed by atoms with Crippen LogP contribution in [0.5, 0.6) is 0 Å². The summed E-state index contributed by atoms with van der Waals surface area (Å²) in [4.78, 5) is 37.3. The molecule has 1 heterocycles. The lowest BCUT2D eigenvalue weighted by Gasteiger charge is -2.18. The molecule has 1 saturated heterocycles. The molecule has 84 valence electrons. The zero-order chi connectivity index (χ0) is 11.4. The highest BCUT2D eigenvalue weighted by Gasteiger charge is 2.32. The van der Waals surface area contributed by atoms with Gasteiger partial charge in [-0.1, -0.05) is 11.8 Å². The highest BCUT2D eigenvalue weighted by atomic mass is 32.2. The number of aliphatic hydroxyl groups excluding tert-OH is 1. The summed E-state index contributed by atoms with van der Waals surface area (Å²) >= 11 is 0.792. The maximum absolute atomic E-state index is 11.1. The Hall–Kier alpha value is -1.08. The summed E-state index contributed by atoms with van der Waals surface area (Å²) in [5.41, 5.74) is 0. The molecule has 0 aromatic heterocycles. The monoisotopic (exact) mass is 233 g/mol. The van der Waals surface area contributed by atoms with Gasteiger partial charge in [-0.15, -0.1) is 5.06 Å². The van der Waals surface area contributed by atoms with Crippen LogP contribution in [0, 0.1) is 0 Å². The predicted molar refractivity (Wildman–Crippen MR) is 51.3 cm³/mol. The van der Waals surface area contributed by atoms with Gasteiger partial charge >= 0.3 is 5.97 Å². The van der Waals surface area contributed by atoms with Crippen molar-refractivity contribution in [2.45, 2.75) is 26.0 Å². The molecule has 0 aliphatic carbocycles. The molecule has 7 heteroatoms. The molecule has 0 bridgehead atoms. The normalized spacial score (nSPS) is 20.5. The molecule has 1 N–H and O–H groups in total. The molecule has 0 saturated carbocycles. The van der Waals surface area contributed by atoms with Gasteiger partial charge in [0, 0.05) is 19.8 Å². The van der Waals surface area contributed by atoms with Gasteiger partial charge in [-0.3, -0.25) is 9.59 Å². The number of carbonyl (C=O) groups is 3. The first-order valence-corrected chi connectivity index (χ1v) is 5.33. The largest absolute Gasteiger partial charge is 0.370 e. The van der Waals surface area contributed by atoms with Crippen LogP contribution in [0.1, 0.15) is 19.8 Å². The highest BCUT2D eigenvalue weighted by Crippen LogP contribution is 2.17. The van der Waals surface area contributed by atoms with Gasteiger partial charge in [0.15, 0.2) is 11.3 Å². The van der Waals surface area contributed by atoms with Crippen molar-refractivity contribution in [1.29, 1.82) is 0 Å². The maximum atomic E-state index is 11.1. The fraction of sp³-hybridized carbons (Fsp3) is 0.625. The van der Waals surface area contributed by atoms with Gasteiger partial charge in [-0.05, 0) is 0 Å². The van der Waals surface area contributed by atoms with Crippen molar-refractivity contribution in [3.05, 3.63) is 0 Å². The fourth-order valence-corrected chi connectivity index (χ4v) is 1.43. The zero-order valence-corrected chi connectivity index (χ0v) is 8.95. The summed E-state index contributed by atoms with van der Waals surface area (Å²) in [6, 6.07) is 0. The molecule has 15 heavy (non-hydrogen) atoms. The highest BCUT2D eigenvalue weighted by molar-refractivity contribution is 8.14. The third-order valence-electron chi connectivity index (χ3n) is 1.73. The quantitative estimate of drug-likeness (QED) is 0.718. The molecule has 1 unspecified atom stereocenters. The van der Waals surface area contributed by atoms with E-state index in [9.17, 15) is 19.5 Å². The average molecular weight is 233 g/mol. The van der Waals surface area contributed by atoms with Crippen LogP contribution in [0.4, 0.5) is 0 Å². The SMILES string of the molecule is CC(=O)SCC(=O)ON1C(=O)CCC1O. The Morgan fingerprint density at radius 2 is 2.33 bits per heavy atom. The van der Waals surface area contributed by atoms with Crippen molar-refractivity contribution in [3.8, 4) is 0 Å². The molecule has 1 aliphatic rings. The molecule has 0 aromatic rings. The van der Waals surface area contributed by atoms with Crippen LogP contribution in [0.25, 0.3) is 0 Å². The maximum Gasteiger partial charge on any atom is 0.342 e. The van der Waals surface area contributed by atoms with E-state index in [1.807, 2.05) is 0 Å². The van der Waals surface area contributed by atoms with Crippen LogP contribution in [0.15, 0.2) is 0 Å². The van der Waals surface area contributed by atoms with E-state index in [0.717, 1.165) is 11.8 Å². The molecule has 1 rings (SSSR count). The molecule has 0 spiro atoms. The van der Waals surface area contributed by atoms with Gasteiger partial charge in [-0.2, -0.15) is 0 Å². The molecule has 1 atom stereocenters. The topological polar surface area (TPSA) is 83.9 Å². The third kappa shape index (κ3) is 3.52. The number of hydrogen-bond donors (Lipinski definition) is 1. The Morgan fingerprint density at radius 3 is 2.80 bits per heavy atom. The number of nitrogens with zero attached hydrogens (tertiary/aromatic N) is 1. The standard InChI is InChI=1S/C8H11NO5S/c1-5(10)15-4-8(13)14-9-6(11)2-3-7(9)12/h6,11H,2-4H2,1H3. The Labute approximate surface area is 90.5 Å². The molecule has 0 aromatic carbocycles. The summed E-state index contributed by atoms with van der Waals surface area (Å²) in [6.07, 6.45) is -0.649. The van der Waals surface area contributed by atoms with Crippen molar-refractivity contribution in [3.63, 3.8) is 0 Å². The lowest BCUT2D eigenvalue weighted by Crippen LogP contribution is -2.35. The van der Waals surface area contributed by atoms with E-state index in [4.69, 9.17) is 0 Å². The van der Waals surface area contributed by atoms with E-state index in [-0.39, 0.29) is 23.7 Å². The van der Waals surface area contributed by atoms with E-state index < -0.39 is 18.1 Å². The first kappa shape index (κ1) is 12.0. The van der Waals surface area contributed by atoms with E-state index in [2.05, 4.69) is 4.84 Å². The summed E-state index contributed by atoms with van der Waals surface area (Å²) < 4.78 is 0. The second-order valence-electron chi connectivity index (χ2n) is 2.98. The van der Waals surface area contributed by atoms with E-state index in [1.54, 1.807) is 0 Å². The van der Waals surface area contributed by atoms with Crippen LogP contribution >= 0.6 is 11.8 Å². The predicted octanol–water partition coefficient (Wildman–Crippen LogP) is -0.335. The van der Waals surface area contributed by atoms with Crippen molar-refractivity contribution >= 4 is 28.8 Å².